The summed E-state index contributed by atoms with van der Waals surface area (Å²) in [5.74, 6) is 1.70. The number of rotatable bonds is 9. The third-order valence-corrected chi connectivity index (χ3v) is 3.91. The minimum atomic E-state index is -0.394. The first-order valence-corrected chi connectivity index (χ1v) is 7.98. The van der Waals surface area contributed by atoms with Crippen LogP contribution in [-0.2, 0) is 13.1 Å². The second kappa shape index (κ2) is 8.91. The maximum Gasteiger partial charge on any atom is 0.292 e. The van der Waals surface area contributed by atoms with Gasteiger partial charge in [0.1, 0.15) is 5.69 Å². The molecule has 0 fully saturated rings. The molecular formula is C18H23N3O5. The molecule has 0 aliphatic rings. The molecule has 0 amide bonds. The maximum atomic E-state index is 11.1. The lowest BCUT2D eigenvalue weighted by atomic mass is 10.1. The average Bonchev–Trinajstić information content (AvgIpc) is 2.66. The summed E-state index contributed by atoms with van der Waals surface area (Å²) >= 11 is 0. The van der Waals surface area contributed by atoms with Crippen LogP contribution in [-0.4, -0.2) is 33.3 Å². The van der Waals surface area contributed by atoms with Gasteiger partial charge in [-0.25, -0.2) is 0 Å². The molecule has 2 aromatic carbocycles. The SMILES string of the molecule is CNc1ccc(CNCc2cc(OC)c(OC)c(OC)c2)cc1[N+](=O)[O-]. The summed E-state index contributed by atoms with van der Waals surface area (Å²) in [5, 5.41) is 17.2. The van der Waals surface area contributed by atoms with E-state index in [1.165, 1.54) is 0 Å². The zero-order valence-corrected chi connectivity index (χ0v) is 15.3. The van der Waals surface area contributed by atoms with Gasteiger partial charge >= 0.3 is 0 Å². The molecule has 26 heavy (non-hydrogen) atoms. The monoisotopic (exact) mass is 361 g/mol. The first-order chi connectivity index (χ1) is 12.5. The van der Waals surface area contributed by atoms with Crippen LogP contribution in [0.1, 0.15) is 11.1 Å². The molecule has 0 saturated heterocycles. The molecule has 0 heterocycles. The lowest BCUT2D eigenvalue weighted by molar-refractivity contribution is -0.384. The molecule has 0 bridgehead atoms. The highest BCUT2D eigenvalue weighted by atomic mass is 16.6. The highest BCUT2D eigenvalue weighted by Gasteiger charge is 2.14. The maximum absolute atomic E-state index is 11.1. The molecule has 0 spiro atoms. The Labute approximate surface area is 152 Å². The molecule has 0 aliphatic heterocycles. The normalized spacial score (nSPS) is 10.3. The largest absolute Gasteiger partial charge is 0.493 e. The summed E-state index contributed by atoms with van der Waals surface area (Å²) in [6, 6.07) is 8.84. The Balaban J connectivity index is 2.10. The van der Waals surface area contributed by atoms with Crippen molar-refractivity contribution in [2.24, 2.45) is 0 Å². The molecule has 8 heteroatoms. The van der Waals surface area contributed by atoms with Crippen molar-refractivity contribution in [1.29, 1.82) is 0 Å². The summed E-state index contributed by atoms with van der Waals surface area (Å²) in [4.78, 5) is 10.7. The van der Waals surface area contributed by atoms with E-state index in [9.17, 15) is 10.1 Å². The van der Waals surface area contributed by atoms with Gasteiger partial charge in [-0.15, -0.1) is 0 Å². The Hall–Kier alpha value is -3.00. The summed E-state index contributed by atoms with van der Waals surface area (Å²) in [7, 11) is 6.35. The van der Waals surface area contributed by atoms with E-state index < -0.39 is 4.92 Å². The third kappa shape index (κ3) is 4.34. The fourth-order valence-corrected chi connectivity index (χ4v) is 2.64. The molecule has 0 radical (unpaired) electrons. The number of nitrogens with one attached hydrogen (secondary N) is 2. The standard InChI is InChI=1S/C18H23N3O5/c1-19-14-6-5-12(7-15(14)21(22)23)10-20-11-13-8-16(24-2)18(26-4)17(9-13)25-3/h5-9,19-20H,10-11H2,1-4H3. The Kier molecular flexibility index (Phi) is 6.62. The molecule has 0 unspecified atom stereocenters. The molecule has 140 valence electrons. The molecule has 2 aromatic rings. The van der Waals surface area contributed by atoms with Crippen LogP contribution in [0.2, 0.25) is 0 Å². The Morgan fingerprint density at radius 1 is 0.962 bits per heavy atom. The highest BCUT2D eigenvalue weighted by Crippen LogP contribution is 2.38. The molecule has 0 atom stereocenters. The van der Waals surface area contributed by atoms with Crippen molar-refractivity contribution >= 4 is 11.4 Å². The Bertz CT molecular complexity index is 754. The lowest BCUT2D eigenvalue weighted by Gasteiger charge is -2.14. The van der Waals surface area contributed by atoms with Crippen LogP contribution in [0.4, 0.5) is 11.4 Å². The number of benzene rings is 2. The van der Waals surface area contributed by atoms with Gasteiger partial charge in [0.05, 0.1) is 26.3 Å². The summed E-state index contributed by atoms with van der Waals surface area (Å²) in [6.07, 6.45) is 0. The van der Waals surface area contributed by atoms with E-state index >= 15 is 0 Å². The smallest absolute Gasteiger partial charge is 0.292 e. The van der Waals surface area contributed by atoms with Gasteiger partial charge in [-0.2, -0.15) is 0 Å². The first kappa shape index (κ1) is 19.3. The lowest BCUT2D eigenvalue weighted by Crippen LogP contribution is -2.13. The van der Waals surface area contributed by atoms with Gasteiger partial charge in [0.25, 0.3) is 5.69 Å². The fourth-order valence-electron chi connectivity index (χ4n) is 2.64. The molecular weight excluding hydrogens is 338 g/mol. The van der Waals surface area contributed by atoms with Crippen molar-refractivity contribution in [1.82, 2.24) is 5.32 Å². The van der Waals surface area contributed by atoms with Gasteiger partial charge < -0.3 is 24.8 Å². The van der Waals surface area contributed by atoms with Gasteiger partial charge in [-0.3, -0.25) is 10.1 Å². The van der Waals surface area contributed by atoms with Gasteiger partial charge in [-0.05, 0) is 29.3 Å². The minimum Gasteiger partial charge on any atom is -0.493 e. The van der Waals surface area contributed by atoms with Crippen LogP contribution in [0.25, 0.3) is 0 Å². The van der Waals surface area contributed by atoms with E-state index in [4.69, 9.17) is 14.2 Å². The number of hydrogen-bond donors (Lipinski definition) is 2. The molecule has 2 N–H and O–H groups in total. The van der Waals surface area contributed by atoms with Gasteiger partial charge in [-0.1, -0.05) is 6.07 Å². The predicted octanol–water partition coefficient (Wildman–Crippen LogP) is 2.95. The quantitative estimate of drug-likeness (QED) is 0.524. The van der Waals surface area contributed by atoms with Crippen LogP contribution >= 0.6 is 0 Å². The minimum absolute atomic E-state index is 0.0552. The highest BCUT2D eigenvalue weighted by molar-refractivity contribution is 5.62. The van der Waals surface area contributed by atoms with Crippen molar-refractivity contribution in [3.63, 3.8) is 0 Å². The van der Waals surface area contributed by atoms with E-state index in [0.29, 0.717) is 36.0 Å². The second-order valence-electron chi connectivity index (χ2n) is 5.50. The van der Waals surface area contributed by atoms with Crippen LogP contribution < -0.4 is 24.8 Å². The number of nitrogens with zero attached hydrogens (tertiary/aromatic N) is 1. The average molecular weight is 361 g/mol. The molecule has 0 aromatic heterocycles. The number of anilines is 1. The van der Waals surface area contributed by atoms with Crippen molar-refractivity contribution in [2.75, 3.05) is 33.7 Å². The fraction of sp³-hybridized carbons (Fsp3) is 0.333. The van der Waals surface area contributed by atoms with Crippen LogP contribution in [0.5, 0.6) is 17.2 Å². The van der Waals surface area contributed by atoms with E-state index in [-0.39, 0.29) is 5.69 Å². The number of hydrogen-bond acceptors (Lipinski definition) is 7. The summed E-state index contributed by atoms with van der Waals surface area (Å²) < 4.78 is 16.0. The van der Waals surface area contributed by atoms with Crippen molar-refractivity contribution in [3.8, 4) is 17.2 Å². The summed E-state index contributed by atoms with van der Waals surface area (Å²) in [6.45, 7) is 1.03. The van der Waals surface area contributed by atoms with Crippen LogP contribution in [0.15, 0.2) is 30.3 Å². The third-order valence-electron chi connectivity index (χ3n) is 3.91. The van der Waals surface area contributed by atoms with Crippen LogP contribution in [0, 0.1) is 10.1 Å². The van der Waals surface area contributed by atoms with E-state index in [2.05, 4.69) is 10.6 Å². The van der Waals surface area contributed by atoms with Crippen molar-refractivity contribution in [3.05, 3.63) is 51.6 Å². The predicted molar refractivity (Wildman–Crippen MR) is 99.3 cm³/mol. The molecule has 2 rings (SSSR count). The zero-order valence-electron chi connectivity index (χ0n) is 15.3. The van der Waals surface area contributed by atoms with Crippen LogP contribution in [0.3, 0.4) is 0 Å². The van der Waals surface area contributed by atoms with Gasteiger partial charge in [0, 0.05) is 26.2 Å². The van der Waals surface area contributed by atoms with Gasteiger partial charge in [0.2, 0.25) is 5.75 Å². The van der Waals surface area contributed by atoms with Gasteiger partial charge in [0.15, 0.2) is 11.5 Å². The topological polar surface area (TPSA) is 94.9 Å². The van der Waals surface area contributed by atoms with E-state index in [1.54, 1.807) is 40.5 Å². The number of nitro benzene ring substituents is 1. The van der Waals surface area contributed by atoms with Crippen molar-refractivity contribution in [2.45, 2.75) is 13.1 Å². The Morgan fingerprint density at radius 3 is 2.08 bits per heavy atom. The molecule has 8 nitrogen and oxygen atoms in total. The Morgan fingerprint density at radius 2 is 1.58 bits per heavy atom. The number of ether oxygens (including phenoxy) is 3. The summed E-state index contributed by atoms with van der Waals surface area (Å²) in [5.41, 5.74) is 2.31. The molecule has 0 aliphatic carbocycles. The first-order valence-electron chi connectivity index (χ1n) is 7.98. The van der Waals surface area contributed by atoms with E-state index in [0.717, 1.165) is 11.1 Å². The zero-order chi connectivity index (χ0) is 19.1. The number of nitro groups is 1. The second-order valence-corrected chi connectivity index (χ2v) is 5.50. The number of methoxy groups -OCH3 is 3. The molecule has 0 saturated carbocycles. The van der Waals surface area contributed by atoms with Crippen molar-refractivity contribution < 1.29 is 19.1 Å². The van der Waals surface area contributed by atoms with E-state index in [1.807, 2.05) is 18.2 Å².